The molecule has 1 unspecified atom stereocenters. The minimum atomic E-state index is -0.494. The SMILES string of the molecule is CC(=O)N1c2ccccc2C[C@H]1C(=O)N(C)CC(O)C1CC1. The number of nitrogens with zero attached hydrogens (tertiary/aromatic N) is 2. The Kier molecular flexibility index (Phi) is 3.91. The summed E-state index contributed by atoms with van der Waals surface area (Å²) in [6.45, 7) is 1.82. The molecule has 0 radical (unpaired) electrons. The molecule has 1 aromatic carbocycles. The molecule has 2 aliphatic rings. The first-order chi connectivity index (χ1) is 10.5. The number of para-hydroxylation sites is 1. The first kappa shape index (κ1) is 15.0. The lowest BCUT2D eigenvalue weighted by Crippen LogP contribution is -2.49. The summed E-state index contributed by atoms with van der Waals surface area (Å²) in [5.74, 6) is 0.102. The number of benzene rings is 1. The molecule has 0 saturated heterocycles. The van der Waals surface area contributed by atoms with Gasteiger partial charge >= 0.3 is 0 Å². The topological polar surface area (TPSA) is 60.9 Å². The van der Waals surface area contributed by atoms with Gasteiger partial charge < -0.3 is 10.0 Å². The maximum atomic E-state index is 12.7. The van der Waals surface area contributed by atoms with Crippen molar-refractivity contribution in [3.05, 3.63) is 29.8 Å². The van der Waals surface area contributed by atoms with Crippen molar-refractivity contribution in [3.63, 3.8) is 0 Å². The first-order valence-corrected chi connectivity index (χ1v) is 7.79. The van der Waals surface area contributed by atoms with Crippen molar-refractivity contribution >= 4 is 17.5 Å². The van der Waals surface area contributed by atoms with E-state index in [0.29, 0.717) is 18.9 Å². The number of carbonyl (C=O) groups excluding carboxylic acids is 2. The molecular weight excluding hydrogens is 280 g/mol. The molecule has 1 aliphatic carbocycles. The molecule has 1 fully saturated rings. The van der Waals surface area contributed by atoms with Gasteiger partial charge in [0.1, 0.15) is 6.04 Å². The van der Waals surface area contributed by atoms with E-state index in [-0.39, 0.29) is 11.8 Å². The molecule has 22 heavy (non-hydrogen) atoms. The van der Waals surface area contributed by atoms with Crippen LogP contribution in [0.2, 0.25) is 0 Å². The first-order valence-electron chi connectivity index (χ1n) is 7.79. The Morgan fingerprint density at radius 1 is 1.36 bits per heavy atom. The predicted molar refractivity (Wildman–Crippen MR) is 83.5 cm³/mol. The van der Waals surface area contributed by atoms with E-state index in [2.05, 4.69) is 0 Å². The van der Waals surface area contributed by atoms with Crippen LogP contribution in [0.15, 0.2) is 24.3 Å². The van der Waals surface area contributed by atoms with Gasteiger partial charge in [0.25, 0.3) is 0 Å². The van der Waals surface area contributed by atoms with Gasteiger partial charge in [-0.15, -0.1) is 0 Å². The van der Waals surface area contributed by atoms with Crippen molar-refractivity contribution < 1.29 is 14.7 Å². The number of aliphatic hydroxyl groups excluding tert-OH is 1. The summed E-state index contributed by atoms with van der Waals surface area (Å²) < 4.78 is 0. The largest absolute Gasteiger partial charge is 0.391 e. The Balaban J connectivity index is 1.75. The van der Waals surface area contributed by atoms with E-state index in [0.717, 1.165) is 24.1 Å². The molecule has 1 aromatic rings. The van der Waals surface area contributed by atoms with E-state index in [1.807, 2.05) is 24.3 Å². The lowest BCUT2D eigenvalue weighted by atomic mass is 10.1. The van der Waals surface area contributed by atoms with Gasteiger partial charge in [0, 0.05) is 32.6 Å². The Morgan fingerprint density at radius 2 is 2.05 bits per heavy atom. The summed E-state index contributed by atoms with van der Waals surface area (Å²) in [6.07, 6.45) is 2.16. The third kappa shape index (κ3) is 2.73. The average molecular weight is 302 g/mol. The van der Waals surface area contributed by atoms with Gasteiger partial charge in [-0.1, -0.05) is 18.2 Å². The van der Waals surface area contributed by atoms with E-state index >= 15 is 0 Å². The van der Waals surface area contributed by atoms with Crippen LogP contribution in [0.5, 0.6) is 0 Å². The average Bonchev–Trinajstić information content (AvgIpc) is 3.26. The standard InChI is InChI=1S/C17H22N2O3/c1-11(20)19-14-6-4-3-5-13(14)9-15(19)17(22)18(2)10-16(21)12-7-8-12/h3-6,12,15-16,21H,7-10H2,1-2H3/t15-,16?/m0/s1. The fourth-order valence-electron chi connectivity index (χ4n) is 3.23. The number of fused-ring (bicyclic) bond motifs is 1. The van der Waals surface area contributed by atoms with Gasteiger partial charge in [0.05, 0.1) is 6.10 Å². The monoisotopic (exact) mass is 302 g/mol. The molecule has 2 amide bonds. The van der Waals surface area contributed by atoms with Crippen LogP contribution >= 0.6 is 0 Å². The van der Waals surface area contributed by atoms with E-state index < -0.39 is 12.1 Å². The molecule has 0 spiro atoms. The van der Waals surface area contributed by atoms with Crippen molar-refractivity contribution in [2.24, 2.45) is 5.92 Å². The van der Waals surface area contributed by atoms with Crippen LogP contribution in [0.4, 0.5) is 5.69 Å². The maximum absolute atomic E-state index is 12.7. The summed E-state index contributed by atoms with van der Waals surface area (Å²) in [4.78, 5) is 27.9. The third-order valence-corrected chi connectivity index (χ3v) is 4.60. The second kappa shape index (κ2) is 5.72. The van der Waals surface area contributed by atoms with Crippen molar-refractivity contribution in [3.8, 4) is 0 Å². The van der Waals surface area contributed by atoms with Crippen LogP contribution in [0, 0.1) is 5.92 Å². The minimum absolute atomic E-state index is 0.105. The van der Waals surface area contributed by atoms with Gasteiger partial charge in [0.15, 0.2) is 0 Å². The second-order valence-electron chi connectivity index (χ2n) is 6.36. The molecule has 1 saturated carbocycles. The number of aliphatic hydroxyl groups is 1. The molecule has 1 heterocycles. The lowest BCUT2D eigenvalue weighted by molar-refractivity contribution is -0.134. The quantitative estimate of drug-likeness (QED) is 0.909. The molecule has 5 nitrogen and oxygen atoms in total. The highest BCUT2D eigenvalue weighted by atomic mass is 16.3. The highest BCUT2D eigenvalue weighted by molar-refractivity contribution is 6.02. The lowest BCUT2D eigenvalue weighted by Gasteiger charge is -2.29. The fourth-order valence-corrected chi connectivity index (χ4v) is 3.23. The Morgan fingerprint density at radius 3 is 2.68 bits per heavy atom. The Bertz CT molecular complexity index is 597. The zero-order chi connectivity index (χ0) is 15.9. The molecular formula is C17H22N2O3. The number of rotatable bonds is 4. The zero-order valence-electron chi connectivity index (χ0n) is 13.0. The minimum Gasteiger partial charge on any atom is -0.391 e. The zero-order valence-corrected chi connectivity index (χ0v) is 13.0. The van der Waals surface area contributed by atoms with E-state index in [9.17, 15) is 14.7 Å². The van der Waals surface area contributed by atoms with Crippen LogP contribution in [0.1, 0.15) is 25.3 Å². The van der Waals surface area contributed by atoms with Gasteiger partial charge in [0.2, 0.25) is 11.8 Å². The molecule has 2 atom stereocenters. The summed E-state index contributed by atoms with van der Waals surface area (Å²) in [7, 11) is 1.70. The summed E-state index contributed by atoms with van der Waals surface area (Å²) in [6, 6.07) is 7.14. The number of anilines is 1. The highest BCUT2D eigenvalue weighted by Crippen LogP contribution is 2.34. The Labute approximate surface area is 130 Å². The summed E-state index contributed by atoms with van der Waals surface area (Å²) in [5.41, 5.74) is 1.84. The van der Waals surface area contributed by atoms with Crippen molar-refractivity contribution in [2.45, 2.75) is 38.3 Å². The Hall–Kier alpha value is -1.88. The van der Waals surface area contributed by atoms with Gasteiger partial charge in [-0.25, -0.2) is 0 Å². The molecule has 3 rings (SSSR count). The van der Waals surface area contributed by atoms with Crippen LogP contribution in [-0.2, 0) is 16.0 Å². The number of hydrogen-bond acceptors (Lipinski definition) is 3. The molecule has 1 N–H and O–H groups in total. The number of carbonyl (C=O) groups is 2. The summed E-state index contributed by atoms with van der Waals surface area (Å²) >= 11 is 0. The van der Waals surface area contributed by atoms with Gasteiger partial charge in [-0.3, -0.25) is 14.5 Å². The molecule has 118 valence electrons. The highest BCUT2D eigenvalue weighted by Gasteiger charge is 2.39. The molecule has 1 aliphatic heterocycles. The van der Waals surface area contributed by atoms with E-state index in [4.69, 9.17) is 0 Å². The normalized spacial score (nSPS) is 21.4. The number of hydrogen-bond donors (Lipinski definition) is 1. The maximum Gasteiger partial charge on any atom is 0.245 e. The summed E-state index contributed by atoms with van der Waals surface area (Å²) in [5, 5.41) is 10.0. The van der Waals surface area contributed by atoms with E-state index in [1.54, 1.807) is 16.8 Å². The smallest absolute Gasteiger partial charge is 0.245 e. The van der Waals surface area contributed by atoms with Crippen LogP contribution in [0.3, 0.4) is 0 Å². The number of amides is 2. The van der Waals surface area contributed by atoms with Gasteiger partial charge in [-0.05, 0) is 30.4 Å². The molecule has 0 aromatic heterocycles. The number of likely N-dealkylation sites (N-methyl/N-ethyl adjacent to an activating group) is 1. The van der Waals surface area contributed by atoms with Crippen molar-refractivity contribution in [1.29, 1.82) is 0 Å². The van der Waals surface area contributed by atoms with Crippen molar-refractivity contribution in [1.82, 2.24) is 4.90 Å². The predicted octanol–water partition coefficient (Wildman–Crippen LogP) is 1.19. The fraction of sp³-hybridized carbons (Fsp3) is 0.529. The van der Waals surface area contributed by atoms with Crippen LogP contribution in [0.25, 0.3) is 0 Å². The third-order valence-electron chi connectivity index (χ3n) is 4.60. The molecule has 5 heteroatoms. The van der Waals surface area contributed by atoms with Crippen LogP contribution in [-0.4, -0.2) is 47.6 Å². The second-order valence-corrected chi connectivity index (χ2v) is 6.36. The van der Waals surface area contributed by atoms with Gasteiger partial charge in [-0.2, -0.15) is 0 Å². The molecule has 0 bridgehead atoms. The van der Waals surface area contributed by atoms with E-state index in [1.165, 1.54) is 6.92 Å². The van der Waals surface area contributed by atoms with Crippen LogP contribution < -0.4 is 4.90 Å². The van der Waals surface area contributed by atoms with Crippen molar-refractivity contribution in [2.75, 3.05) is 18.5 Å².